The van der Waals surface area contributed by atoms with Gasteiger partial charge in [-0.2, -0.15) is 4.98 Å². The molecule has 2 fully saturated rings. The van der Waals surface area contributed by atoms with E-state index in [1.807, 2.05) is 4.90 Å². The minimum atomic E-state index is -0.102. The molecule has 1 saturated carbocycles. The second kappa shape index (κ2) is 5.51. The molecule has 1 amide bonds. The molecule has 1 aliphatic carbocycles. The van der Waals surface area contributed by atoms with Gasteiger partial charge in [-0.05, 0) is 44.2 Å². The summed E-state index contributed by atoms with van der Waals surface area (Å²) in [7, 11) is 0. The van der Waals surface area contributed by atoms with Crippen LogP contribution in [0.25, 0.3) is 0 Å². The summed E-state index contributed by atoms with van der Waals surface area (Å²) in [4.78, 5) is 23.1. The molecule has 0 spiro atoms. The van der Waals surface area contributed by atoms with Crippen LogP contribution in [0.2, 0.25) is 0 Å². The van der Waals surface area contributed by atoms with Crippen LogP contribution in [0, 0.1) is 0 Å². The predicted octanol–water partition coefficient (Wildman–Crippen LogP) is 2.71. The fourth-order valence-corrected chi connectivity index (χ4v) is 2.98. The monoisotopic (exact) mass is 298 g/mol. The lowest BCUT2D eigenvalue weighted by molar-refractivity contribution is 0.0561. The molecule has 4 rings (SSSR count). The third-order valence-electron chi connectivity index (χ3n) is 4.38. The lowest BCUT2D eigenvalue weighted by atomic mass is 10.0. The van der Waals surface area contributed by atoms with Gasteiger partial charge in [0.2, 0.25) is 5.89 Å². The lowest BCUT2D eigenvalue weighted by Crippen LogP contribution is -2.38. The molecule has 0 aromatic carbocycles. The van der Waals surface area contributed by atoms with E-state index in [1.54, 1.807) is 24.5 Å². The number of amides is 1. The van der Waals surface area contributed by atoms with E-state index in [9.17, 15) is 4.79 Å². The van der Waals surface area contributed by atoms with Crippen molar-refractivity contribution in [2.75, 3.05) is 6.54 Å². The highest BCUT2D eigenvalue weighted by Crippen LogP contribution is 2.39. The van der Waals surface area contributed by atoms with Gasteiger partial charge in [-0.25, -0.2) is 0 Å². The van der Waals surface area contributed by atoms with Crippen LogP contribution in [0.3, 0.4) is 0 Å². The molecule has 0 bridgehead atoms. The number of likely N-dealkylation sites (tertiary alicyclic amines) is 1. The van der Waals surface area contributed by atoms with E-state index >= 15 is 0 Å². The Kier molecular flexibility index (Phi) is 3.36. The molecule has 3 heterocycles. The van der Waals surface area contributed by atoms with Crippen LogP contribution < -0.4 is 0 Å². The summed E-state index contributed by atoms with van der Waals surface area (Å²) < 4.78 is 5.45. The van der Waals surface area contributed by atoms with Gasteiger partial charge < -0.3 is 9.42 Å². The van der Waals surface area contributed by atoms with E-state index in [0.29, 0.717) is 17.4 Å². The molecule has 1 saturated heterocycles. The Hall–Kier alpha value is -2.24. The summed E-state index contributed by atoms with van der Waals surface area (Å²) in [5.41, 5.74) is 0.656. The summed E-state index contributed by atoms with van der Waals surface area (Å²) >= 11 is 0. The standard InChI is InChI=1S/C16H18N4O2/c21-16(12-6-8-17-9-7-12)20-10-2-1-3-13(20)15-18-14(19-22-15)11-4-5-11/h6-9,11,13H,1-5,10H2/t13-/m0/s1. The molecule has 114 valence electrons. The number of carbonyl (C=O) groups excluding carboxylic acids is 1. The summed E-state index contributed by atoms with van der Waals surface area (Å²) in [6.07, 6.45) is 8.53. The molecule has 22 heavy (non-hydrogen) atoms. The fourth-order valence-electron chi connectivity index (χ4n) is 2.98. The molecule has 0 unspecified atom stereocenters. The third kappa shape index (κ3) is 2.49. The van der Waals surface area contributed by atoms with E-state index in [2.05, 4.69) is 15.1 Å². The minimum Gasteiger partial charge on any atom is -0.337 e. The Morgan fingerprint density at radius 1 is 1.18 bits per heavy atom. The van der Waals surface area contributed by atoms with Crippen molar-refractivity contribution in [3.05, 3.63) is 41.8 Å². The van der Waals surface area contributed by atoms with Crippen LogP contribution in [-0.4, -0.2) is 32.5 Å². The van der Waals surface area contributed by atoms with Crippen LogP contribution in [0.15, 0.2) is 29.0 Å². The van der Waals surface area contributed by atoms with Gasteiger partial charge in [0.25, 0.3) is 5.91 Å². The van der Waals surface area contributed by atoms with Crippen molar-refractivity contribution in [2.45, 2.75) is 44.1 Å². The molecule has 0 radical (unpaired) electrons. The minimum absolute atomic E-state index is 0.0123. The predicted molar refractivity (Wildman–Crippen MR) is 78.1 cm³/mol. The van der Waals surface area contributed by atoms with Gasteiger partial charge in [-0.1, -0.05) is 5.16 Å². The van der Waals surface area contributed by atoms with Gasteiger partial charge in [0.1, 0.15) is 6.04 Å². The van der Waals surface area contributed by atoms with Crippen molar-refractivity contribution in [3.8, 4) is 0 Å². The maximum Gasteiger partial charge on any atom is 0.254 e. The lowest BCUT2D eigenvalue weighted by Gasteiger charge is -2.33. The van der Waals surface area contributed by atoms with Crippen molar-refractivity contribution >= 4 is 5.91 Å². The van der Waals surface area contributed by atoms with E-state index in [1.165, 1.54) is 0 Å². The maximum absolute atomic E-state index is 12.7. The average molecular weight is 298 g/mol. The van der Waals surface area contributed by atoms with Crippen LogP contribution >= 0.6 is 0 Å². The normalized spacial score (nSPS) is 21.8. The van der Waals surface area contributed by atoms with Gasteiger partial charge in [0, 0.05) is 30.4 Å². The van der Waals surface area contributed by atoms with Gasteiger partial charge in [-0.15, -0.1) is 0 Å². The topological polar surface area (TPSA) is 72.1 Å². The largest absolute Gasteiger partial charge is 0.337 e. The number of nitrogens with zero attached hydrogens (tertiary/aromatic N) is 4. The van der Waals surface area contributed by atoms with Gasteiger partial charge in [0.05, 0.1) is 0 Å². The van der Waals surface area contributed by atoms with Gasteiger partial charge in [-0.3, -0.25) is 9.78 Å². The van der Waals surface area contributed by atoms with Crippen molar-refractivity contribution in [3.63, 3.8) is 0 Å². The number of hydrogen-bond donors (Lipinski definition) is 0. The summed E-state index contributed by atoms with van der Waals surface area (Å²) in [6.45, 7) is 0.729. The SMILES string of the molecule is O=C(c1ccncc1)N1CCCC[C@H]1c1nc(C2CC2)no1. The molecule has 6 nitrogen and oxygen atoms in total. The Morgan fingerprint density at radius 3 is 2.77 bits per heavy atom. The molecule has 2 aromatic heterocycles. The Labute approximate surface area is 128 Å². The number of pyridine rings is 1. The second-order valence-electron chi connectivity index (χ2n) is 6.01. The van der Waals surface area contributed by atoms with Crippen LogP contribution in [0.4, 0.5) is 0 Å². The smallest absolute Gasteiger partial charge is 0.254 e. The van der Waals surface area contributed by atoms with E-state index in [-0.39, 0.29) is 11.9 Å². The third-order valence-corrected chi connectivity index (χ3v) is 4.38. The molecular formula is C16H18N4O2. The fraction of sp³-hybridized carbons (Fsp3) is 0.500. The van der Waals surface area contributed by atoms with Crippen molar-refractivity contribution < 1.29 is 9.32 Å². The van der Waals surface area contributed by atoms with Crippen LogP contribution in [0.1, 0.15) is 66.1 Å². The molecular weight excluding hydrogens is 280 g/mol. The zero-order valence-corrected chi connectivity index (χ0v) is 12.3. The van der Waals surface area contributed by atoms with Crippen LogP contribution in [0.5, 0.6) is 0 Å². The molecule has 6 heteroatoms. The molecule has 1 atom stereocenters. The number of rotatable bonds is 3. The highest BCUT2D eigenvalue weighted by molar-refractivity contribution is 5.94. The number of piperidine rings is 1. The first-order valence-corrected chi connectivity index (χ1v) is 7.87. The molecule has 0 N–H and O–H groups in total. The molecule has 2 aliphatic rings. The average Bonchev–Trinajstić information content (AvgIpc) is 3.32. The number of hydrogen-bond acceptors (Lipinski definition) is 5. The highest BCUT2D eigenvalue weighted by Gasteiger charge is 2.35. The zero-order chi connectivity index (χ0) is 14.9. The van der Waals surface area contributed by atoms with Crippen LogP contribution in [-0.2, 0) is 0 Å². The van der Waals surface area contributed by atoms with Crippen molar-refractivity contribution in [1.29, 1.82) is 0 Å². The number of carbonyl (C=O) groups is 1. The maximum atomic E-state index is 12.7. The molecule has 1 aliphatic heterocycles. The molecule has 2 aromatic rings. The Balaban J connectivity index is 1.59. The van der Waals surface area contributed by atoms with E-state index in [0.717, 1.165) is 44.5 Å². The van der Waals surface area contributed by atoms with E-state index in [4.69, 9.17) is 4.52 Å². The number of aromatic nitrogens is 3. The summed E-state index contributed by atoms with van der Waals surface area (Å²) in [5, 5.41) is 4.09. The first kappa shape index (κ1) is 13.4. The second-order valence-corrected chi connectivity index (χ2v) is 6.01. The first-order chi connectivity index (χ1) is 10.8. The van der Waals surface area contributed by atoms with Gasteiger partial charge >= 0.3 is 0 Å². The summed E-state index contributed by atoms with van der Waals surface area (Å²) in [5.74, 6) is 1.87. The Bertz CT molecular complexity index is 666. The van der Waals surface area contributed by atoms with Crippen molar-refractivity contribution in [2.24, 2.45) is 0 Å². The summed E-state index contributed by atoms with van der Waals surface area (Å²) in [6, 6.07) is 3.39. The highest BCUT2D eigenvalue weighted by atomic mass is 16.5. The van der Waals surface area contributed by atoms with Crippen molar-refractivity contribution in [1.82, 2.24) is 20.0 Å². The van der Waals surface area contributed by atoms with Gasteiger partial charge in [0.15, 0.2) is 5.82 Å². The quantitative estimate of drug-likeness (QED) is 0.871. The van der Waals surface area contributed by atoms with E-state index < -0.39 is 0 Å². The first-order valence-electron chi connectivity index (χ1n) is 7.87. The Morgan fingerprint density at radius 2 is 2.00 bits per heavy atom. The zero-order valence-electron chi connectivity index (χ0n) is 12.3.